The fourth-order valence-corrected chi connectivity index (χ4v) is 1.85. The second-order valence-corrected chi connectivity index (χ2v) is 4.52. The molecular weight excluding hydrogens is 232 g/mol. The van der Waals surface area contributed by atoms with Gasteiger partial charge in [0.15, 0.2) is 5.11 Å². The van der Waals surface area contributed by atoms with Crippen LogP contribution in [0.1, 0.15) is 11.1 Å². The lowest BCUT2D eigenvalue weighted by molar-refractivity contribution is 0.204. The molecule has 0 fully saturated rings. The van der Waals surface area contributed by atoms with Crippen molar-refractivity contribution >= 4 is 23.0 Å². The van der Waals surface area contributed by atoms with Crippen LogP contribution in [0.15, 0.2) is 18.2 Å². The van der Waals surface area contributed by atoms with Crippen LogP contribution in [-0.4, -0.2) is 32.4 Å². The standard InChI is InChI=1S/C13H20N2OS/c1-10-7-11(2)9-12(8-10)15(3)13(17)14-5-6-16-4/h7-9H,5-6H2,1-4H3,(H,14,17). The van der Waals surface area contributed by atoms with Crippen molar-refractivity contribution in [1.82, 2.24) is 5.32 Å². The fraction of sp³-hybridized carbons (Fsp3) is 0.462. The first-order chi connectivity index (χ1) is 8.04. The molecule has 1 aromatic rings. The minimum Gasteiger partial charge on any atom is -0.383 e. The Balaban J connectivity index is 2.67. The van der Waals surface area contributed by atoms with Crippen LogP contribution in [-0.2, 0) is 4.74 Å². The molecule has 0 bridgehead atoms. The molecule has 0 heterocycles. The number of hydrogen-bond donors (Lipinski definition) is 1. The first kappa shape index (κ1) is 13.9. The monoisotopic (exact) mass is 252 g/mol. The van der Waals surface area contributed by atoms with Crippen molar-refractivity contribution < 1.29 is 4.74 Å². The Morgan fingerprint density at radius 3 is 2.41 bits per heavy atom. The largest absolute Gasteiger partial charge is 0.383 e. The number of nitrogens with one attached hydrogen (secondary N) is 1. The second-order valence-electron chi connectivity index (χ2n) is 4.13. The minimum absolute atomic E-state index is 0.654. The normalized spacial score (nSPS) is 10.1. The Labute approximate surface area is 109 Å². The summed E-state index contributed by atoms with van der Waals surface area (Å²) in [4.78, 5) is 1.98. The van der Waals surface area contributed by atoms with E-state index in [9.17, 15) is 0 Å². The molecule has 0 amide bonds. The highest BCUT2D eigenvalue weighted by molar-refractivity contribution is 7.80. The highest BCUT2D eigenvalue weighted by Gasteiger charge is 2.07. The molecule has 1 rings (SSSR count). The number of methoxy groups -OCH3 is 1. The van der Waals surface area contributed by atoms with Gasteiger partial charge in [-0.15, -0.1) is 0 Å². The van der Waals surface area contributed by atoms with Gasteiger partial charge in [0.2, 0.25) is 0 Å². The van der Waals surface area contributed by atoms with Gasteiger partial charge in [0.05, 0.1) is 6.61 Å². The summed E-state index contributed by atoms with van der Waals surface area (Å²) in [6.07, 6.45) is 0. The Hall–Kier alpha value is -1.13. The average Bonchev–Trinajstić information content (AvgIpc) is 2.27. The van der Waals surface area contributed by atoms with Crippen LogP contribution in [0.25, 0.3) is 0 Å². The molecule has 0 atom stereocenters. The SMILES string of the molecule is COCCNC(=S)N(C)c1cc(C)cc(C)c1. The molecule has 1 N–H and O–H groups in total. The van der Waals surface area contributed by atoms with E-state index < -0.39 is 0 Å². The van der Waals surface area contributed by atoms with Crippen molar-refractivity contribution in [2.45, 2.75) is 13.8 Å². The number of thiocarbonyl (C=S) groups is 1. The van der Waals surface area contributed by atoms with Gasteiger partial charge in [0, 0.05) is 26.4 Å². The maximum atomic E-state index is 5.32. The van der Waals surface area contributed by atoms with Gasteiger partial charge in [-0.3, -0.25) is 0 Å². The van der Waals surface area contributed by atoms with E-state index in [2.05, 4.69) is 37.4 Å². The lowest BCUT2D eigenvalue weighted by Gasteiger charge is -2.22. The number of rotatable bonds is 4. The molecular formula is C13H20N2OS. The summed E-state index contributed by atoms with van der Waals surface area (Å²) < 4.78 is 4.98. The zero-order valence-electron chi connectivity index (χ0n) is 10.9. The van der Waals surface area contributed by atoms with Gasteiger partial charge in [-0.2, -0.15) is 0 Å². The van der Waals surface area contributed by atoms with Crippen molar-refractivity contribution in [2.24, 2.45) is 0 Å². The van der Waals surface area contributed by atoms with Gasteiger partial charge >= 0.3 is 0 Å². The fourth-order valence-electron chi connectivity index (χ4n) is 1.64. The molecule has 3 nitrogen and oxygen atoms in total. The average molecular weight is 252 g/mol. The molecule has 0 aromatic heterocycles. The first-order valence-electron chi connectivity index (χ1n) is 5.63. The molecule has 0 spiro atoms. The maximum absolute atomic E-state index is 5.32. The second kappa shape index (κ2) is 6.57. The van der Waals surface area contributed by atoms with Crippen molar-refractivity contribution in [3.8, 4) is 0 Å². The Kier molecular flexibility index (Phi) is 5.38. The summed E-state index contributed by atoms with van der Waals surface area (Å²) in [7, 11) is 3.65. The van der Waals surface area contributed by atoms with E-state index in [-0.39, 0.29) is 0 Å². The Morgan fingerprint density at radius 2 is 1.88 bits per heavy atom. The number of benzene rings is 1. The van der Waals surface area contributed by atoms with Crippen LogP contribution in [0.3, 0.4) is 0 Å². The third kappa shape index (κ3) is 4.32. The highest BCUT2D eigenvalue weighted by Crippen LogP contribution is 2.17. The lowest BCUT2D eigenvalue weighted by atomic mass is 10.1. The van der Waals surface area contributed by atoms with Gasteiger partial charge in [-0.25, -0.2) is 0 Å². The summed E-state index contributed by atoms with van der Waals surface area (Å²) >= 11 is 5.32. The molecule has 94 valence electrons. The molecule has 1 aromatic carbocycles. The van der Waals surface area contributed by atoms with E-state index in [0.29, 0.717) is 11.7 Å². The predicted octanol–water partition coefficient (Wildman–Crippen LogP) is 2.26. The number of anilines is 1. The van der Waals surface area contributed by atoms with Crippen molar-refractivity contribution in [3.05, 3.63) is 29.3 Å². The van der Waals surface area contributed by atoms with Gasteiger partial charge in [0.25, 0.3) is 0 Å². The first-order valence-corrected chi connectivity index (χ1v) is 6.04. The van der Waals surface area contributed by atoms with Crippen LogP contribution in [0.4, 0.5) is 5.69 Å². The smallest absolute Gasteiger partial charge is 0.173 e. The van der Waals surface area contributed by atoms with Crippen LogP contribution >= 0.6 is 12.2 Å². The summed E-state index contributed by atoms with van der Waals surface area (Å²) in [5.41, 5.74) is 3.59. The molecule has 0 aliphatic carbocycles. The third-order valence-corrected chi connectivity index (χ3v) is 2.90. The lowest BCUT2D eigenvalue weighted by Crippen LogP contribution is -2.38. The topological polar surface area (TPSA) is 24.5 Å². The molecule has 0 saturated heterocycles. The Morgan fingerprint density at radius 1 is 1.29 bits per heavy atom. The van der Waals surface area contributed by atoms with Crippen molar-refractivity contribution in [3.63, 3.8) is 0 Å². The number of hydrogen-bond acceptors (Lipinski definition) is 2. The number of aryl methyl sites for hydroxylation is 2. The minimum atomic E-state index is 0.654. The van der Waals surface area contributed by atoms with Gasteiger partial charge in [-0.05, 0) is 49.3 Å². The van der Waals surface area contributed by atoms with Crippen LogP contribution in [0.5, 0.6) is 0 Å². The van der Waals surface area contributed by atoms with E-state index in [1.807, 2.05) is 11.9 Å². The van der Waals surface area contributed by atoms with Crippen LogP contribution in [0.2, 0.25) is 0 Å². The van der Waals surface area contributed by atoms with E-state index in [1.54, 1.807) is 7.11 Å². The van der Waals surface area contributed by atoms with Crippen LogP contribution in [0, 0.1) is 13.8 Å². The zero-order chi connectivity index (χ0) is 12.8. The molecule has 17 heavy (non-hydrogen) atoms. The van der Waals surface area contributed by atoms with Crippen molar-refractivity contribution in [1.29, 1.82) is 0 Å². The molecule has 0 radical (unpaired) electrons. The van der Waals surface area contributed by atoms with Crippen LogP contribution < -0.4 is 10.2 Å². The number of ether oxygens (including phenoxy) is 1. The van der Waals surface area contributed by atoms with E-state index in [0.717, 1.165) is 12.2 Å². The molecule has 0 aliphatic heterocycles. The van der Waals surface area contributed by atoms with Gasteiger partial charge in [-0.1, -0.05) is 6.07 Å². The molecule has 0 saturated carbocycles. The predicted molar refractivity (Wildman–Crippen MR) is 76.8 cm³/mol. The zero-order valence-corrected chi connectivity index (χ0v) is 11.7. The van der Waals surface area contributed by atoms with Gasteiger partial charge < -0.3 is 15.0 Å². The molecule has 0 unspecified atom stereocenters. The number of nitrogens with zero attached hydrogens (tertiary/aromatic N) is 1. The third-order valence-electron chi connectivity index (χ3n) is 2.48. The van der Waals surface area contributed by atoms with Gasteiger partial charge in [0.1, 0.15) is 0 Å². The van der Waals surface area contributed by atoms with E-state index in [4.69, 9.17) is 17.0 Å². The summed E-state index contributed by atoms with van der Waals surface area (Å²) in [6.45, 7) is 5.56. The highest BCUT2D eigenvalue weighted by atomic mass is 32.1. The van der Waals surface area contributed by atoms with E-state index in [1.165, 1.54) is 11.1 Å². The molecule has 4 heteroatoms. The Bertz CT molecular complexity index is 373. The summed E-state index contributed by atoms with van der Waals surface area (Å²) in [5, 5.41) is 3.87. The summed E-state index contributed by atoms with van der Waals surface area (Å²) in [6, 6.07) is 6.40. The molecule has 0 aliphatic rings. The van der Waals surface area contributed by atoms with E-state index >= 15 is 0 Å². The summed E-state index contributed by atoms with van der Waals surface area (Å²) in [5.74, 6) is 0. The van der Waals surface area contributed by atoms with Crippen molar-refractivity contribution in [2.75, 3.05) is 32.2 Å². The quantitative estimate of drug-likeness (QED) is 0.656. The maximum Gasteiger partial charge on any atom is 0.173 e.